The van der Waals surface area contributed by atoms with E-state index >= 15 is 0 Å². The minimum absolute atomic E-state index is 0.0594. The van der Waals surface area contributed by atoms with Crippen LogP contribution in [-0.4, -0.2) is 170 Å². The average molecular weight is 1260 g/mol. The van der Waals surface area contributed by atoms with E-state index in [1.165, 1.54) is 36.0 Å². The van der Waals surface area contributed by atoms with Gasteiger partial charge in [-0.15, -0.1) is 0 Å². The molecule has 0 bridgehead atoms. The lowest BCUT2D eigenvalue weighted by Crippen LogP contribution is -2.54. The molecule has 0 spiro atoms. The maximum absolute atomic E-state index is 14.6. The molecule has 19 nitrogen and oxygen atoms in total. The van der Waals surface area contributed by atoms with Crippen molar-refractivity contribution in [2.24, 2.45) is 5.92 Å². The minimum atomic E-state index is -3.89. The number of nitrogens with one attached hydrogen (secondary N) is 4. The molecule has 0 aliphatic carbocycles. The van der Waals surface area contributed by atoms with Gasteiger partial charge in [-0.2, -0.15) is 11.8 Å². The number of amides is 4. The minimum Gasteiger partial charge on any atom is -0.460 e. The van der Waals surface area contributed by atoms with E-state index in [-0.39, 0.29) is 96.1 Å². The Hall–Kier alpha value is -3.70. The van der Waals surface area contributed by atoms with Gasteiger partial charge >= 0.3 is 5.97 Å². The predicted molar refractivity (Wildman–Crippen MR) is 344 cm³/mol. The maximum Gasteiger partial charge on any atom is 0.306 e. The SMILES string of the molecule is COC(C)(C)CCOC(C)(C)CCNC(=O)CC[C@H](NC(=O)[C@H](CCC(=O)OC(C)(C)C)NC(=O)c1ccc(C(=O)C(CSC(C)(C)CCOC(C)(C)C)CS(=O)(=O)C(C)(C)CCOC(C)(C)C)cc1)C(=O)NCCC(C)(C)OCCC(C)(C)OC. The summed E-state index contributed by atoms with van der Waals surface area (Å²) in [6.07, 6.45) is 2.31. The van der Waals surface area contributed by atoms with Gasteiger partial charge in [-0.05, 0) is 195 Å². The highest BCUT2D eigenvalue weighted by Crippen LogP contribution is 2.34. The molecule has 1 rings (SSSR count). The van der Waals surface area contributed by atoms with Gasteiger partial charge in [0.05, 0.1) is 57.3 Å². The summed E-state index contributed by atoms with van der Waals surface area (Å²) in [7, 11) is -0.598. The number of carbonyl (C=O) groups is 6. The van der Waals surface area contributed by atoms with Gasteiger partial charge in [-0.25, -0.2) is 8.42 Å². The van der Waals surface area contributed by atoms with Crippen LogP contribution in [0.1, 0.15) is 230 Å². The van der Waals surface area contributed by atoms with E-state index < -0.39 is 90.2 Å². The number of ketones is 1. The van der Waals surface area contributed by atoms with Crippen LogP contribution in [0, 0.1) is 5.92 Å². The molecule has 1 aromatic carbocycles. The first-order valence-electron chi connectivity index (χ1n) is 30.6. The Kier molecular flexibility index (Phi) is 32.2. The van der Waals surface area contributed by atoms with Crippen molar-refractivity contribution in [3.05, 3.63) is 35.4 Å². The molecule has 0 aromatic heterocycles. The highest BCUT2D eigenvalue weighted by molar-refractivity contribution is 8.00. The van der Waals surface area contributed by atoms with Gasteiger partial charge < -0.3 is 54.4 Å². The predicted octanol–water partition coefficient (Wildman–Crippen LogP) is 10.3. The van der Waals surface area contributed by atoms with Crippen molar-refractivity contribution in [3.63, 3.8) is 0 Å². The highest BCUT2D eigenvalue weighted by atomic mass is 32.2. The van der Waals surface area contributed by atoms with Crippen molar-refractivity contribution in [2.75, 3.05) is 65.2 Å². The number of methoxy groups -OCH3 is 2. The van der Waals surface area contributed by atoms with E-state index in [2.05, 4.69) is 21.3 Å². The lowest BCUT2D eigenvalue weighted by molar-refractivity contribution is -0.155. The zero-order chi connectivity index (χ0) is 66.4. The fraction of sp³-hybridized carbons (Fsp3) is 0.815. The summed E-state index contributed by atoms with van der Waals surface area (Å²) in [6, 6.07) is 3.10. The van der Waals surface area contributed by atoms with Crippen LogP contribution in [0.2, 0.25) is 0 Å². The van der Waals surface area contributed by atoms with E-state index in [9.17, 15) is 37.2 Å². The number of rotatable bonds is 41. The Morgan fingerprint density at radius 1 is 0.500 bits per heavy atom. The molecule has 0 heterocycles. The molecule has 0 fully saturated rings. The van der Waals surface area contributed by atoms with Crippen molar-refractivity contribution >= 4 is 57.0 Å². The van der Waals surface area contributed by atoms with Crippen LogP contribution in [0.15, 0.2) is 24.3 Å². The van der Waals surface area contributed by atoms with Crippen LogP contribution in [0.5, 0.6) is 0 Å². The first-order chi connectivity index (χ1) is 39.0. The van der Waals surface area contributed by atoms with Crippen LogP contribution in [-0.2, 0) is 62.2 Å². The van der Waals surface area contributed by atoms with Gasteiger partial charge in [0.2, 0.25) is 17.7 Å². The van der Waals surface area contributed by atoms with Crippen molar-refractivity contribution in [1.29, 1.82) is 0 Å². The van der Waals surface area contributed by atoms with Crippen molar-refractivity contribution < 1.29 is 70.3 Å². The summed E-state index contributed by atoms with van der Waals surface area (Å²) in [5.41, 5.74) is -3.35. The van der Waals surface area contributed by atoms with Gasteiger partial charge in [-0.1, -0.05) is 26.0 Å². The number of sulfone groups is 1. The Balaban J connectivity index is 3.60. The molecule has 0 saturated heterocycles. The second kappa shape index (κ2) is 34.5. The van der Waals surface area contributed by atoms with Crippen LogP contribution < -0.4 is 21.3 Å². The number of thioether (sulfide) groups is 1. The molecular weight excluding hydrogens is 1140 g/mol. The third-order valence-electron chi connectivity index (χ3n) is 14.8. The molecule has 1 unspecified atom stereocenters. The van der Waals surface area contributed by atoms with Crippen LogP contribution in [0.3, 0.4) is 0 Å². The fourth-order valence-electron chi connectivity index (χ4n) is 8.15. The molecule has 0 radical (unpaired) electrons. The zero-order valence-corrected chi connectivity index (χ0v) is 58.8. The number of Topliss-reactive ketones (excluding diaryl/α,β-unsaturated/α-hetero) is 1. The molecule has 4 N–H and O–H groups in total. The van der Waals surface area contributed by atoms with Gasteiger partial charge in [0.25, 0.3) is 5.91 Å². The molecule has 0 aliphatic rings. The molecule has 1 aromatic rings. The fourth-order valence-corrected chi connectivity index (χ4v) is 11.1. The Morgan fingerprint density at radius 2 is 0.942 bits per heavy atom. The lowest BCUT2D eigenvalue weighted by Gasteiger charge is -2.31. The normalized spacial score (nSPS) is 14.5. The van der Waals surface area contributed by atoms with Crippen LogP contribution >= 0.6 is 11.8 Å². The third-order valence-corrected chi connectivity index (χ3v) is 19.0. The molecule has 86 heavy (non-hydrogen) atoms. The first kappa shape index (κ1) is 80.3. The number of hydrogen-bond donors (Lipinski definition) is 4. The molecule has 21 heteroatoms. The summed E-state index contributed by atoms with van der Waals surface area (Å²) < 4.78 is 67.7. The highest BCUT2D eigenvalue weighted by Gasteiger charge is 2.39. The van der Waals surface area contributed by atoms with Crippen molar-refractivity contribution in [1.82, 2.24) is 21.3 Å². The molecule has 0 aliphatic heterocycles. The Bertz CT molecular complexity index is 2400. The standard InChI is InChI=1S/C65H116N4O15S2/c1-57(2,3)80-42-36-64(18,19)85-44-48(45-86(76,77)65(20,21)37-43-81-58(4,5)6)53(72)46-24-26-47(27-25-46)54(73)68-50(29-31-52(71)84-59(7,8)9)56(75)69-49(55(74)67-39-33-63(16,17)83-41-35-61(12,13)79-23)28-30-51(70)66-38-32-62(14,15)82-40-34-60(10,11)78-22/h24-27,48-50H,28-45H2,1-23H3,(H,66,70)(H,67,74)(H,68,73)(H,69,75)/t48?,49-,50-/m0/s1. The van der Waals surface area contributed by atoms with Gasteiger partial charge in [-0.3, -0.25) is 28.8 Å². The van der Waals surface area contributed by atoms with Crippen LogP contribution in [0.4, 0.5) is 0 Å². The largest absolute Gasteiger partial charge is 0.460 e. The second-order valence-corrected chi connectivity index (χ2v) is 33.6. The Labute approximate surface area is 523 Å². The zero-order valence-electron chi connectivity index (χ0n) is 57.2. The van der Waals surface area contributed by atoms with Crippen molar-refractivity contribution in [2.45, 2.75) is 270 Å². The summed E-state index contributed by atoms with van der Waals surface area (Å²) >= 11 is 1.50. The van der Waals surface area contributed by atoms with Gasteiger partial charge in [0.1, 0.15) is 17.7 Å². The first-order valence-corrected chi connectivity index (χ1v) is 33.2. The van der Waals surface area contributed by atoms with E-state index in [0.717, 1.165) is 0 Å². The summed E-state index contributed by atoms with van der Waals surface area (Å²) in [5, 5.41) is 11.3. The number of benzene rings is 1. The smallest absolute Gasteiger partial charge is 0.306 e. The summed E-state index contributed by atoms with van der Waals surface area (Å²) in [5.74, 6) is -4.68. The molecule has 3 atom stereocenters. The monoisotopic (exact) mass is 1260 g/mol. The summed E-state index contributed by atoms with van der Waals surface area (Å²) in [6.45, 7) is 41.7. The van der Waals surface area contributed by atoms with Gasteiger partial charge in [0, 0.05) is 80.9 Å². The number of carbonyl (C=O) groups excluding carboxylic acids is 6. The topological polar surface area (TPSA) is 249 Å². The van der Waals surface area contributed by atoms with Crippen molar-refractivity contribution in [3.8, 4) is 0 Å². The Morgan fingerprint density at radius 3 is 1.42 bits per heavy atom. The molecule has 4 amide bonds. The van der Waals surface area contributed by atoms with Gasteiger partial charge in [0.15, 0.2) is 15.6 Å². The van der Waals surface area contributed by atoms with Crippen LogP contribution in [0.25, 0.3) is 0 Å². The lowest BCUT2D eigenvalue weighted by atomic mass is 9.99. The number of hydrogen-bond acceptors (Lipinski definition) is 16. The van der Waals surface area contributed by atoms with E-state index in [1.54, 1.807) is 48.8 Å². The third kappa shape index (κ3) is 34.3. The maximum atomic E-state index is 14.6. The quantitative estimate of drug-likeness (QED) is 0.0351. The van der Waals surface area contributed by atoms with E-state index in [1.807, 2.05) is 111 Å². The second-order valence-electron chi connectivity index (χ2n) is 29.2. The molecular formula is C65H116N4O15S2. The van der Waals surface area contributed by atoms with E-state index in [4.69, 9.17) is 33.2 Å². The number of esters is 1. The summed E-state index contributed by atoms with van der Waals surface area (Å²) in [4.78, 5) is 83.9. The molecule has 498 valence electrons. The molecule has 0 saturated carbocycles. The average Bonchev–Trinajstić information content (AvgIpc) is 1.52. The number of ether oxygens (including phenoxy) is 7. The van der Waals surface area contributed by atoms with E-state index in [0.29, 0.717) is 51.9 Å².